The van der Waals surface area contributed by atoms with Gasteiger partial charge in [-0.2, -0.15) is 0 Å². The molecule has 0 aliphatic carbocycles. The first-order valence-corrected chi connectivity index (χ1v) is 7.82. The van der Waals surface area contributed by atoms with Crippen molar-refractivity contribution in [3.8, 4) is 0 Å². The number of carbonyl (C=O) groups is 3. The van der Waals surface area contributed by atoms with E-state index in [1.807, 2.05) is 31.2 Å². The van der Waals surface area contributed by atoms with Gasteiger partial charge in [-0.3, -0.25) is 9.59 Å². The minimum atomic E-state index is -1.09. The molecule has 0 fully saturated rings. The third kappa shape index (κ3) is 5.46. The summed E-state index contributed by atoms with van der Waals surface area (Å²) in [5.74, 6) is -1.78. The van der Waals surface area contributed by atoms with Crippen molar-refractivity contribution in [2.75, 3.05) is 5.32 Å². The number of aliphatic carboxylic acids is 1. The molecule has 3 N–H and O–H groups in total. The summed E-state index contributed by atoms with van der Waals surface area (Å²) < 4.78 is 0. The molecule has 0 bridgehead atoms. The molecule has 130 valence electrons. The van der Waals surface area contributed by atoms with Crippen LogP contribution in [-0.2, 0) is 16.0 Å². The van der Waals surface area contributed by atoms with Crippen molar-refractivity contribution >= 4 is 23.5 Å². The highest BCUT2D eigenvalue weighted by atomic mass is 16.4. The molecule has 0 unspecified atom stereocenters. The average molecular weight is 340 g/mol. The Bertz CT molecular complexity index is 767. The number of carbonyl (C=O) groups excluding carboxylic acids is 2. The number of hydrogen-bond acceptors (Lipinski definition) is 3. The van der Waals surface area contributed by atoms with Crippen molar-refractivity contribution in [2.24, 2.45) is 0 Å². The molecule has 6 heteroatoms. The van der Waals surface area contributed by atoms with Gasteiger partial charge in [-0.05, 0) is 36.8 Å². The molecule has 0 aliphatic heterocycles. The predicted octanol–water partition coefficient (Wildman–Crippen LogP) is 2.38. The fourth-order valence-electron chi connectivity index (χ4n) is 2.31. The number of aryl methyl sites for hydroxylation is 1. The van der Waals surface area contributed by atoms with Gasteiger partial charge in [0.05, 0.1) is 0 Å². The van der Waals surface area contributed by atoms with E-state index < -0.39 is 17.9 Å². The van der Waals surface area contributed by atoms with Gasteiger partial charge < -0.3 is 15.7 Å². The van der Waals surface area contributed by atoms with E-state index in [1.165, 1.54) is 19.1 Å². The van der Waals surface area contributed by atoms with E-state index in [0.717, 1.165) is 11.1 Å². The lowest BCUT2D eigenvalue weighted by Crippen LogP contribution is -2.42. The Morgan fingerprint density at radius 2 is 1.60 bits per heavy atom. The molecule has 0 saturated carbocycles. The van der Waals surface area contributed by atoms with Crippen molar-refractivity contribution in [3.05, 3.63) is 65.2 Å². The summed E-state index contributed by atoms with van der Waals surface area (Å²) >= 11 is 0. The second kappa shape index (κ2) is 8.10. The highest BCUT2D eigenvalue weighted by Gasteiger charge is 2.21. The molecular formula is C19H20N2O4. The predicted molar refractivity (Wildman–Crippen MR) is 94.5 cm³/mol. The van der Waals surface area contributed by atoms with Crippen molar-refractivity contribution in [1.29, 1.82) is 0 Å². The number of carboxylic acid groups (broad SMARTS) is 1. The minimum absolute atomic E-state index is 0.200. The average Bonchev–Trinajstić information content (AvgIpc) is 2.56. The Morgan fingerprint density at radius 3 is 2.12 bits per heavy atom. The van der Waals surface area contributed by atoms with E-state index in [-0.39, 0.29) is 12.3 Å². The second-order valence-corrected chi connectivity index (χ2v) is 5.81. The quantitative estimate of drug-likeness (QED) is 0.752. The van der Waals surface area contributed by atoms with Crippen LogP contribution in [0.2, 0.25) is 0 Å². The largest absolute Gasteiger partial charge is 0.480 e. The molecule has 6 nitrogen and oxygen atoms in total. The zero-order valence-electron chi connectivity index (χ0n) is 14.1. The van der Waals surface area contributed by atoms with Crippen LogP contribution in [0.25, 0.3) is 0 Å². The number of nitrogens with one attached hydrogen (secondary N) is 2. The van der Waals surface area contributed by atoms with Crippen molar-refractivity contribution < 1.29 is 19.5 Å². The lowest BCUT2D eigenvalue weighted by Gasteiger charge is -2.15. The van der Waals surface area contributed by atoms with Crippen molar-refractivity contribution in [2.45, 2.75) is 26.3 Å². The van der Waals surface area contributed by atoms with Crippen LogP contribution in [0.5, 0.6) is 0 Å². The lowest BCUT2D eigenvalue weighted by molar-refractivity contribution is -0.139. The van der Waals surface area contributed by atoms with E-state index in [4.69, 9.17) is 0 Å². The fourth-order valence-corrected chi connectivity index (χ4v) is 2.31. The van der Waals surface area contributed by atoms with Gasteiger partial charge in [0.25, 0.3) is 5.91 Å². The summed E-state index contributed by atoms with van der Waals surface area (Å²) in [6.45, 7) is 3.34. The van der Waals surface area contributed by atoms with Gasteiger partial charge in [-0.15, -0.1) is 0 Å². The maximum atomic E-state index is 12.3. The van der Waals surface area contributed by atoms with Gasteiger partial charge in [0, 0.05) is 24.6 Å². The monoisotopic (exact) mass is 340 g/mol. The molecule has 2 rings (SSSR count). The summed E-state index contributed by atoms with van der Waals surface area (Å²) in [6, 6.07) is 12.7. The number of hydrogen-bond donors (Lipinski definition) is 3. The maximum absolute atomic E-state index is 12.3. The smallest absolute Gasteiger partial charge is 0.326 e. The number of rotatable bonds is 6. The molecule has 1 atom stereocenters. The SMILES string of the molecule is CC(=O)Nc1ccc(C(=O)N[C@H](Cc2ccc(C)cc2)C(=O)O)cc1. The molecule has 2 aromatic rings. The normalized spacial score (nSPS) is 11.4. The molecule has 2 amide bonds. The van der Waals surface area contributed by atoms with E-state index in [0.29, 0.717) is 11.3 Å². The van der Waals surface area contributed by atoms with Crippen LogP contribution in [0.3, 0.4) is 0 Å². The van der Waals surface area contributed by atoms with Gasteiger partial charge >= 0.3 is 5.97 Å². The van der Waals surface area contributed by atoms with Crippen LogP contribution < -0.4 is 10.6 Å². The Morgan fingerprint density at radius 1 is 1.00 bits per heavy atom. The number of carboxylic acids is 1. The summed E-state index contributed by atoms with van der Waals surface area (Å²) in [5.41, 5.74) is 2.81. The van der Waals surface area contributed by atoms with Gasteiger partial charge in [-0.25, -0.2) is 4.79 Å². The topological polar surface area (TPSA) is 95.5 Å². The summed E-state index contributed by atoms with van der Waals surface area (Å²) in [6.07, 6.45) is 0.200. The standard InChI is InChI=1S/C19H20N2O4/c1-12-3-5-14(6-4-12)11-17(19(24)25)21-18(23)15-7-9-16(10-8-15)20-13(2)22/h3-10,17H,11H2,1-2H3,(H,20,22)(H,21,23)(H,24,25)/t17-/m1/s1. The molecule has 0 heterocycles. The van der Waals surface area contributed by atoms with E-state index >= 15 is 0 Å². The van der Waals surface area contributed by atoms with Crippen LogP contribution in [0.1, 0.15) is 28.4 Å². The molecule has 0 aliphatic rings. The molecule has 0 spiro atoms. The first-order valence-electron chi connectivity index (χ1n) is 7.82. The van der Waals surface area contributed by atoms with Gasteiger partial charge in [0.15, 0.2) is 0 Å². The first-order chi connectivity index (χ1) is 11.8. The number of anilines is 1. The fraction of sp³-hybridized carbons (Fsp3) is 0.211. The Hall–Kier alpha value is -3.15. The van der Waals surface area contributed by atoms with E-state index in [2.05, 4.69) is 10.6 Å². The highest BCUT2D eigenvalue weighted by Crippen LogP contribution is 2.11. The Labute approximate surface area is 145 Å². The van der Waals surface area contributed by atoms with E-state index in [9.17, 15) is 19.5 Å². The van der Waals surface area contributed by atoms with Gasteiger partial charge in [-0.1, -0.05) is 29.8 Å². The summed E-state index contributed by atoms with van der Waals surface area (Å²) in [7, 11) is 0. The van der Waals surface area contributed by atoms with E-state index in [1.54, 1.807) is 12.1 Å². The van der Waals surface area contributed by atoms with Crippen LogP contribution in [0, 0.1) is 6.92 Å². The van der Waals surface area contributed by atoms with Crippen molar-refractivity contribution in [3.63, 3.8) is 0 Å². The van der Waals surface area contributed by atoms with Crippen LogP contribution in [0.15, 0.2) is 48.5 Å². The molecule has 0 saturated heterocycles. The zero-order chi connectivity index (χ0) is 18.4. The summed E-state index contributed by atoms with van der Waals surface area (Å²) in [5, 5.41) is 14.5. The zero-order valence-corrected chi connectivity index (χ0v) is 14.1. The Kier molecular flexibility index (Phi) is 5.89. The Balaban J connectivity index is 2.05. The highest BCUT2D eigenvalue weighted by molar-refractivity contribution is 5.97. The van der Waals surface area contributed by atoms with Gasteiger partial charge in [0.2, 0.25) is 5.91 Å². The van der Waals surface area contributed by atoms with Crippen molar-refractivity contribution in [1.82, 2.24) is 5.32 Å². The lowest BCUT2D eigenvalue weighted by atomic mass is 10.0. The van der Waals surface area contributed by atoms with Crippen LogP contribution in [0.4, 0.5) is 5.69 Å². The molecular weight excluding hydrogens is 320 g/mol. The van der Waals surface area contributed by atoms with Crippen LogP contribution in [-0.4, -0.2) is 28.9 Å². The van der Waals surface area contributed by atoms with Gasteiger partial charge in [0.1, 0.15) is 6.04 Å². The summed E-state index contributed by atoms with van der Waals surface area (Å²) in [4.78, 5) is 34.7. The third-order valence-corrected chi connectivity index (χ3v) is 3.63. The molecule has 2 aromatic carbocycles. The second-order valence-electron chi connectivity index (χ2n) is 5.81. The third-order valence-electron chi connectivity index (χ3n) is 3.63. The first kappa shape index (κ1) is 18.2. The molecule has 25 heavy (non-hydrogen) atoms. The number of amides is 2. The van der Waals surface area contributed by atoms with Crippen LogP contribution >= 0.6 is 0 Å². The maximum Gasteiger partial charge on any atom is 0.326 e. The molecule has 0 aromatic heterocycles. The number of benzene rings is 2. The molecule has 0 radical (unpaired) electrons. The minimum Gasteiger partial charge on any atom is -0.480 e.